The molecule has 8 heteroatoms. The number of carbonyl (C=O) groups excluding carboxylic acids is 2. The summed E-state index contributed by atoms with van der Waals surface area (Å²) < 4.78 is 0. The number of hydrogen-bond acceptors (Lipinski definition) is 5. The Morgan fingerprint density at radius 2 is 1.77 bits per heavy atom. The maximum Gasteiger partial charge on any atom is 0.225 e. The highest BCUT2D eigenvalue weighted by Crippen LogP contribution is 2.33. The molecule has 0 radical (unpaired) electrons. The Morgan fingerprint density at radius 1 is 1.00 bits per heavy atom. The van der Waals surface area contributed by atoms with Crippen molar-refractivity contribution in [2.24, 2.45) is 11.8 Å². The van der Waals surface area contributed by atoms with E-state index < -0.39 is 0 Å². The molecule has 30 heavy (non-hydrogen) atoms. The number of piperazine rings is 1. The van der Waals surface area contributed by atoms with Gasteiger partial charge in [-0.15, -0.1) is 12.4 Å². The molecular weight excluding hydrogens is 402 g/mol. The van der Waals surface area contributed by atoms with E-state index in [9.17, 15) is 9.59 Å². The lowest BCUT2D eigenvalue weighted by Gasteiger charge is -2.36. The van der Waals surface area contributed by atoms with E-state index in [1.807, 2.05) is 29.3 Å². The van der Waals surface area contributed by atoms with Crippen molar-refractivity contribution in [2.75, 3.05) is 44.2 Å². The van der Waals surface area contributed by atoms with Crippen molar-refractivity contribution >= 4 is 30.0 Å². The molecule has 1 aromatic heterocycles. The number of halogens is 1. The van der Waals surface area contributed by atoms with E-state index in [-0.39, 0.29) is 42.1 Å². The number of fused-ring (bicyclic) bond motifs is 1. The summed E-state index contributed by atoms with van der Waals surface area (Å²) >= 11 is 0. The Balaban J connectivity index is 0.00000256. The Morgan fingerprint density at radius 3 is 2.50 bits per heavy atom. The molecule has 4 rings (SSSR count). The van der Waals surface area contributed by atoms with Gasteiger partial charge in [0, 0.05) is 50.9 Å². The second-order valence-corrected chi connectivity index (χ2v) is 8.54. The summed E-state index contributed by atoms with van der Waals surface area (Å²) in [6.07, 6.45) is 7.81. The van der Waals surface area contributed by atoms with Crippen LogP contribution in [-0.2, 0) is 9.59 Å². The molecule has 3 fully saturated rings. The molecule has 7 nitrogen and oxygen atoms in total. The van der Waals surface area contributed by atoms with Gasteiger partial charge in [0.2, 0.25) is 11.8 Å². The summed E-state index contributed by atoms with van der Waals surface area (Å²) in [6.45, 7) is 4.76. The first kappa shape index (κ1) is 22.8. The van der Waals surface area contributed by atoms with Crippen LogP contribution in [0.15, 0.2) is 24.4 Å². The van der Waals surface area contributed by atoms with Crippen molar-refractivity contribution in [3.05, 3.63) is 24.4 Å². The van der Waals surface area contributed by atoms with Gasteiger partial charge in [-0.05, 0) is 44.4 Å². The maximum absolute atomic E-state index is 13.2. The molecule has 2 aliphatic heterocycles. The number of hydrogen-bond donors (Lipinski definition) is 2. The number of nitrogens with one attached hydrogen (secondary N) is 2. The average molecular weight is 436 g/mol. The monoisotopic (exact) mass is 435 g/mol. The van der Waals surface area contributed by atoms with E-state index in [0.717, 1.165) is 64.3 Å². The van der Waals surface area contributed by atoms with Gasteiger partial charge in [-0.3, -0.25) is 9.59 Å². The molecule has 2 amide bonds. The second-order valence-electron chi connectivity index (χ2n) is 8.54. The summed E-state index contributed by atoms with van der Waals surface area (Å²) in [4.78, 5) is 34.5. The van der Waals surface area contributed by atoms with Gasteiger partial charge in [0.25, 0.3) is 0 Å². The minimum Gasteiger partial charge on any atom is -0.356 e. The quantitative estimate of drug-likeness (QED) is 0.741. The molecule has 1 aliphatic carbocycles. The molecule has 0 spiro atoms. The van der Waals surface area contributed by atoms with Crippen LogP contribution in [0.25, 0.3) is 0 Å². The Bertz CT molecular complexity index is 696. The molecule has 1 saturated carbocycles. The Labute approximate surface area is 185 Å². The standard InChI is InChI=1S/C22H33N5O2.ClH/c28-21-18-15-17(16-19(18)23-8-4-1-2-5-10-25-21)22(29)27-13-11-26(12-14-27)20-7-3-6-9-24-20;/h3,6-7,9,17-19,23H,1-2,4-5,8,10-16H2,(H,25,28);1H/t17-,18-,19+;/m1./s1. The molecule has 3 aliphatic rings. The number of anilines is 1. The molecule has 2 saturated heterocycles. The van der Waals surface area contributed by atoms with E-state index in [4.69, 9.17) is 0 Å². The summed E-state index contributed by atoms with van der Waals surface area (Å²) in [7, 11) is 0. The number of carbonyl (C=O) groups is 2. The molecule has 0 bridgehead atoms. The van der Waals surface area contributed by atoms with Crippen molar-refractivity contribution in [2.45, 2.75) is 44.6 Å². The van der Waals surface area contributed by atoms with Gasteiger partial charge < -0.3 is 20.4 Å². The van der Waals surface area contributed by atoms with Crippen LogP contribution < -0.4 is 15.5 Å². The molecular formula is C22H34ClN5O2. The first-order valence-electron chi connectivity index (χ1n) is 11.2. The van der Waals surface area contributed by atoms with E-state index >= 15 is 0 Å². The minimum absolute atomic E-state index is 0. The van der Waals surface area contributed by atoms with Crippen molar-refractivity contribution in [3.8, 4) is 0 Å². The molecule has 3 atom stereocenters. The molecule has 2 N–H and O–H groups in total. The number of rotatable bonds is 2. The van der Waals surface area contributed by atoms with Gasteiger partial charge in [0.15, 0.2) is 0 Å². The third kappa shape index (κ3) is 5.43. The SMILES string of the molecule is Cl.O=C1NCCCCCCN[C@H]2C[C@H](C(=O)N3CCN(c4ccccn4)CC3)C[C@@H]12. The molecule has 1 aromatic rings. The highest BCUT2D eigenvalue weighted by Gasteiger charge is 2.42. The van der Waals surface area contributed by atoms with Gasteiger partial charge in [-0.1, -0.05) is 18.9 Å². The smallest absolute Gasteiger partial charge is 0.225 e. The zero-order valence-electron chi connectivity index (χ0n) is 17.6. The third-order valence-electron chi connectivity index (χ3n) is 6.62. The predicted octanol–water partition coefficient (Wildman–Crippen LogP) is 1.83. The maximum atomic E-state index is 13.2. The highest BCUT2D eigenvalue weighted by molar-refractivity contribution is 5.85. The van der Waals surface area contributed by atoms with Crippen LogP contribution in [0.3, 0.4) is 0 Å². The number of pyridine rings is 1. The van der Waals surface area contributed by atoms with Crippen LogP contribution in [0.5, 0.6) is 0 Å². The topological polar surface area (TPSA) is 77.6 Å². The second kappa shape index (κ2) is 11.0. The first-order chi connectivity index (χ1) is 14.2. The van der Waals surface area contributed by atoms with Crippen molar-refractivity contribution in [1.82, 2.24) is 20.5 Å². The third-order valence-corrected chi connectivity index (χ3v) is 6.62. The fraction of sp³-hybridized carbons (Fsp3) is 0.682. The summed E-state index contributed by atoms with van der Waals surface area (Å²) in [5.41, 5.74) is 0. The lowest BCUT2D eigenvalue weighted by atomic mass is 10.0. The molecule has 3 heterocycles. The predicted molar refractivity (Wildman–Crippen MR) is 120 cm³/mol. The zero-order chi connectivity index (χ0) is 20.1. The lowest BCUT2D eigenvalue weighted by Crippen LogP contribution is -2.50. The fourth-order valence-electron chi connectivity index (χ4n) is 4.94. The largest absolute Gasteiger partial charge is 0.356 e. The van der Waals surface area contributed by atoms with E-state index in [0.29, 0.717) is 6.42 Å². The average Bonchev–Trinajstić information content (AvgIpc) is 3.18. The van der Waals surface area contributed by atoms with Gasteiger partial charge >= 0.3 is 0 Å². The van der Waals surface area contributed by atoms with Gasteiger partial charge in [0.05, 0.1) is 5.92 Å². The van der Waals surface area contributed by atoms with Crippen LogP contribution in [0.2, 0.25) is 0 Å². The van der Waals surface area contributed by atoms with Crippen LogP contribution >= 0.6 is 12.4 Å². The van der Waals surface area contributed by atoms with Gasteiger partial charge in [0.1, 0.15) is 5.82 Å². The highest BCUT2D eigenvalue weighted by atomic mass is 35.5. The fourth-order valence-corrected chi connectivity index (χ4v) is 4.94. The van der Waals surface area contributed by atoms with Gasteiger partial charge in [-0.25, -0.2) is 4.98 Å². The normalized spacial score (nSPS) is 28.0. The molecule has 166 valence electrons. The van der Waals surface area contributed by atoms with Crippen LogP contribution in [0.4, 0.5) is 5.82 Å². The number of aromatic nitrogens is 1. The lowest BCUT2D eigenvalue weighted by molar-refractivity contribution is -0.135. The van der Waals surface area contributed by atoms with Crippen molar-refractivity contribution < 1.29 is 9.59 Å². The van der Waals surface area contributed by atoms with Crippen molar-refractivity contribution in [1.29, 1.82) is 0 Å². The Hall–Kier alpha value is -1.86. The van der Waals surface area contributed by atoms with Crippen LogP contribution in [0.1, 0.15) is 38.5 Å². The zero-order valence-corrected chi connectivity index (χ0v) is 18.4. The summed E-state index contributed by atoms with van der Waals surface area (Å²) in [5.74, 6) is 1.19. The van der Waals surface area contributed by atoms with Crippen LogP contribution in [-0.4, -0.2) is 67.0 Å². The summed E-state index contributed by atoms with van der Waals surface area (Å²) in [5, 5.41) is 6.67. The number of nitrogens with zero attached hydrogens (tertiary/aromatic N) is 3. The molecule has 0 aromatic carbocycles. The summed E-state index contributed by atoms with van der Waals surface area (Å²) in [6, 6.07) is 6.05. The van der Waals surface area contributed by atoms with E-state index in [1.54, 1.807) is 0 Å². The van der Waals surface area contributed by atoms with Crippen LogP contribution in [0, 0.1) is 11.8 Å². The first-order valence-corrected chi connectivity index (χ1v) is 11.2. The van der Waals surface area contributed by atoms with E-state index in [1.165, 1.54) is 12.8 Å². The minimum atomic E-state index is -0.0862. The van der Waals surface area contributed by atoms with Gasteiger partial charge in [-0.2, -0.15) is 0 Å². The molecule has 0 unspecified atom stereocenters. The Kier molecular flexibility index (Phi) is 8.33. The number of amides is 2. The van der Waals surface area contributed by atoms with E-state index in [2.05, 4.69) is 20.5 Å². The van der Waals surface area contributed by atoms with Crippen molar-refractivity contribution in [3.63, 3.8) is 0 Å².